The third-order valence-corrected chi connectivity index (χ3v) is 6.38. The lowest BCUT2D eigenvalue weighted by Crippen LogP contribution is -2.61. The van der Waals surface area contributed by atoms with Crippen molar-refractivity contribution < 1.29 is 29.1 Å². The smallest absolute Gasteiger partial charge is 0.231 e. The fourth-order valence-electron chi connectivity index (χ4n) is 4.95. The highest BCUT2D eigenvalue weighted by Crippen LogP contribution is 2.59. The Kier molecular flexibility index (Phi) is 3.26. The van der Waals surface area contributed by atoms with Gasteiger partial charge >= 0.3 is 0 Å². The van der Waals surface area contributed by atoms with Gasteiger partial charge in [0.25, 0.3) is 0 Å². The van der Waals surface area contributed by atoms with Crippen molar-refractivity contribution in [2.24, 2.45) is 0 Å². The van der Waals surface area contributed by atoms with Crippen LogP contribution in [0.15, 0.2) is 24.3 Å². The zero-order chi connectivity index (χ0) is 19.0. The average molecular weight is 371 g/mol. The molecule has 0 fully saturated rings. The quantitative estimate of drug-likeness (QED) is 0.589. The van der Waals surface area contributed by atoms with E-state index in [-0.39, 0.29) is 12.5 Å². The van der Waals surface area contributed by atoms with Crippen LogP contribution in [0, 0.1) is 5.21 Å². The second-order valence-electron chi connectivity index (χ2n) is 7.63. The third-order valence-electron chi connectivity index (χ3n) is 6.38. The van der Waals surface area contributed by atoms with Gasteiger partial charge in [0, 0.05) is 24.0 Å². The summed E-state index contributed by atoms with van der Waals surface area (Å²) in [4.78, 5) is 0. The van der Waals surface area contributed by atoms with E-state index in [0.717, 1.165) is 11.1 Å². The molecule has 5 rings (SSSR count). The third kappa shape index (κ3) is 1.96. The van der Waals surface area contributed by atoms with Gasteiger partial charge in [-0.3, -0.25) is 0 Å². The van der Waals surface area contributed by atoms with Crippen LogP contribution >= 0.6 is 0 Å². The Bertz CT molecular complexity index is 956. The van der Waals surface area contributed by atoms with Gasteiger partial charge in [0.1, 0.15) is 6.10 Å². The van der Waals surface area contributed by atoms with Crippen LogP contribution in [-0.2, 0) is 18.4 Å². The van der Waals surface area contributed by atoms with E-state index in [1.54, 1.807) is 19.2 Å². The number of methoxy groups -OCH3 is 1. The molecule has 0 saturated carbocycles. The number of aliphatic hydroxyl groups excluding tert-OH is 1. The molecule has 2 aromatic carbocycles. The van der Waals surface area contributed by atoms with E-state index in [0.29, 0.717) is 47.8 Å². The minimum absolute atomic E-state index is 0.0366. The molecule has 2 heterocycles. The van der Waals surface area contributed by atoms with Gasteiger partial charge in [0.15, 0.2) is 28.5 Å². The van der Waals surface area contributed by atoms with Crippen molar-refractivity contribution in [3.8, 4) is 23.0 Å². The first kappa shape index (κ1) is 16.7. The summed E-state index contributed by atoms with van der Waals surface area (Å²) >= 11 is 0. The summed E-state index contributed by atoms with van der Waals surface area (Å²) in [7, 11) is 3.09. The molecule has 2 aliphatic heterocycles. The monoisotopic (exact) mass is 371 g/mol. The standard InChI is InChI=1S/C20H21NO6/c1-21(24)6-5-11-7-16(25-2)14(22)8-13(11)20(21)9-12-3-4-15-18(27-10-26-15)17(12)19(20)23/h3-4,7-8,19,22-23H,5-6,9-10H2,1-2H3/t19-,20-,21+/m0/s1. The molecule has 0 bridgehead atoms. The molecule has 0 aromatic heterocycles. The van der Waals surface area contributed by atoms with Crippen LogP contribution in [-0.4, -0.2) is 42.4 Å². The first-order valence-corrected chi connectivity index (χ1v) is 8.95. The zero-order valence-corrected chi connectivity index (χ0v) is 15.2. The summed E-state index contributed by atoms with van der Waals surface area (Å²) in [5.41, 5.74) is 1.92. The van der Waals surface area contributed by atoms with Crippen molar-refractivity contribution in [3.63, 3.8) is 0 Å². The molecule has 27 heavy (non-hydrogen) atoms. The number of fused-ring (bicyclic) bond motifs is 5. The van der Waals surface area contributed by atoms with E-state index in [1.807, 2.05) is 12.1 Å². The predicted octanol–water partition coefficient (Wildman–Crippen LogP) is 2.12. The number of rotatable bonds is 1. The van der Waals surface area contributed by atoms with Gasteiger partial charge in [-0.05, 0) is 29.3 Å². The first-order chi connectivity index (χ1) is 12.9. The van der Waals surface area contributed by atoms with E-state index >= 15 is 0 Å². The van der Waals surface area contributed by atoms with E-state index in [9.17, 15) is 15.4 Å². The van der Waals surface area contributed by atoms with Gasteiger partial charge in [-0.15, -0.1) is 0 Å². The molecular weight excluding hydrogens is 350 g/mol. The minimum Gasteiger partial charge on any atom is -0.632 e. The van der Waals surface area contributed by atoms with Crippen molar-refractivity contribution in [2.45, 2.75) is 24.5 Å². The predicted molar refractivity (Wildman–Crippen MR) is 95.7 cm³/mol. The molecule has 0 unspecified atom stereocenters. The van der Waals surface area contributed by atoms with E-state index in [4.69, 9.17) is 14.2 Å². The SMILES string of the molecule is COc1cc2c(cc1O)[C@]1(Cc3ccc4c(c3[C@@H]1O)OCO4)[N@+](C)([O-])CC2. The number of aliphatic hydroxyl groups is 1. The van der Waals surface area contributed by atoms with E-state index in [1.165, 1.54) is 7.11 Å². The van der Waals surface area contributed by atoms with Crippen molar-refractivity contribution >= 4 is 0 Å². The molecule has 142 valence electrons. The van der Waals surface area contributed by atoms with Crippen LogP contribution in [0.4, 0.5) is 0 Å². The normalized spacial score (nSPS) is 30.3. The van der Waals surface area contributed by atoms with Gasteiger partial charge in [-0.2, -0.15) is 0 Å². The molecule has 1 spiro atoms. The lowest BCUT2D eigenvalue weighted by atomic mass is 9.76. The molecule has 3 atom stereocenters. The molecule has 2 N–H and O–H groups in total. The van der Waals surface area contributed by atoms with Gasteiger partial charge < -0.3 is 34.3 Å². The molecule has 1 aliphatic carbocycles. The zero-order valence-electron chi connectivity index (χ0n) is 15.2. The number of likely N-dealkylation sites (N-methyl/N-ethyl adjacent to an activating group) is 1. The number of nitrogens with zero attached hydrogens (tertiary/aromatic N) is 1. The number of phenolic OH excluding ortho intramolecular Hbond substituents is 1. The summed E-state index contributed by atoms with van der Waals surface area (Å²) in [5, 5.41) is 35.5. The summed E-state index contributed by atoms with van der Waals surface area (Å²) in [6, 6.07) is 7.05. The van der Waals surface area contributed by atoms with Crippen molar-refractivity contribution in [1.29, 1.82) is 0 Å². The van der Waals surface area contributed by atoms with Crippen LogP contribution in [0.5, 0.6) is 23.0 Å². The summed E-state index contributed by atoms with van der Waals surface area (Å²) in [5.74, 6) is 1.43. The minimum atomic E-state index is -1.15. The number of hydroxylamine groups is 3. The fraction of sp³-hybridized carbons (Fsp3) is 0.400. The van der Waals surface area contributed by atoms with Crippen molar-refractivity contribution in [1.82, 2.24) is 0 Å². The Morgan fingerprint density at radius 2 is 2.07 bits per heavy atom. The van der Waals surface area contributed by atoms with Crippen LogP contribution in [0.1, 0.15) is 28.4 Å². The lowest BCUT2D eigenvalue weighted by Gasteiger charge is -2.57. The molecule has 0 saturated heterocycles. The maximum Gasteiger partial charge on any atom is 0.231 e. The fourth-order valence-corrected chi connectivity index (χ4v) is 4.95. The number of aromatic hydroxyl groups is 1. The Morgan fingerprint density at radius 3 is 2.85 bits per heavy atom. The number of hydrogen-bond acceptors (Lipinski definition) is 6. The number of ether oxygens (including phenoxy) is 3. The molecule has 2 aromatic rings. The summed E-state index contributed by atoms with van der Waals surface area (Å²) in [6.45, 7) is 0.426. The average Bonchev–Trinajstić information content (AvgIpc) is 3.22. The Labute approximate surface area is 156 Å². The molecule has 7 nitrogen and oxygen atoms in total. The molecule has 3 aliphatic rings. The number of hydrogen-bond donors (Lipinski definition) is 2. The number of quaternary nitrogens is 1. The maximum absolute atomic E-state index is 13.7. The van der Waals surface area contributed by atoms with Crippen molar-refractivity contribution in [2.75, 3.05) is 27.5 Å². The van der Waals surface area contributed by atoms with E-state index < -0.39 is 16.3 Å². The van der Waals surface area contributed by atoms with Gasteiger partial charge in [0.05, 0.1) is 20.7 Å². The Hall–Kier alpha value is -2.48. The van der Waals surface area contributed by atoms with Crippen LogP contribution < -0.4 is 14.2 Å². The highest BCUT2D eigenvalue weighted by Gasteiger charge is 2.60. The van der Waals surface area contributed by atoms with Gasteiger partial charge in [0.2, 0.25) is 6.79 Å². The van der Waals surface area contributed by atoms with Gasteiger partial charge in [-0.1, -0.05) is 6.07 Å². The second-order valence-corrected chi connectivity index (χ2v) is 7.63. The molecule has 0 radical (unpaired) electrons. The van der Waals surface area contributed by atoms with Crippen LogP contribution in [0.25, 0.3) is 0 Å². The number of benzene rings is 2. The highest BCUT2D eigenvalue weighted by molar-refractivity contribution is 5.60. The topological polar surface area (TPSA) is 91.2 Å². The molecular formula is C20H21NO6. The summed E-state index contributed by atoms with van der Waals surface area (Å²) in [6.07, 6.45) is -0.161. The largest absolute Gasteiger partial charge is 0.632 e. The maximum atomic E-state index is 13.7. The summed E-state index contributed by atoms with van der Waals surface area (Å²) < 4.78 is 15.7. The first-order valence-electron chi connectivity index (χ1n) is 8.95. The van der Waals surface area contributed by atoms with Crippen molar-refractivity contribution in [3.05, 3.63) is 51.7 Å². The lowest BCUT2D eigenvalue weighted by molar-refractivity contribution is -0.929. The van der Waals surface area contributed by atoms with Crippen LogP contribution in [0.3, 0.4) is 0 Å². The Balaban J connectivity index is 1.76. The Morgan fingerprint density at radius 1 is 1.26 bits per heavy atom. The molecule has 0 amide bonds. The van der Waals surface area contributed by atoms with Crippen LogP contribution in [0.2, 0.25) is 0 Å². The number of phenols is 1. The highest BCUT2D eigenvalue weighted by atomic mass is 16.7. The molecule has 7 heteroatoms. The van der Waals surface area contributed by atoms with Gasteiger partial charge in [-0.25, -0.2) is 0 Å². The van der Waals surface area contributed by atoms with E-state index in [2.05, 4.69) is 0 Å². The second kappa shape index (κ2) is 5.28.